The molecule has 0 heterocycles. The van der Waals surface area contributed by atoms with E-state index in [1.54, 1.807) is 48.6 Å². The normalized spacial score (nSPS) is 11.5. The molecule has 0 atom stereocenters. The maximum Gasteiger partial charge on any atom is 0.325 e. The maximum absolute atomic E-state index is 12.6. The predicted molar refractivity (Wildman–Crippen MR) is 201 cm³/mol. The summed E-state index contributed by atoms with van der Waals surface area (Å²) >= 11 is 0. The van der Waals surface area contributed by atoms with E-state index in [1.807, 2.05) is 13.8 Å². The summed E-state index contributed by atoms with van der Waals surface area (Å²) in [7, 11) is 0. The Bertz CT molecular complexity index is 1340. The molecule has 0 aliphatic carbocycles. The number of nitrogens with one attached hydrogen (secondary N) is 2. The van der Waals surface area contributed by atoms with Crippen LogP contribution in [0.2, 0.25) is 0 Å². The minimum Gasteiger partial charge on any atom is -0.490 e. The molecule has 0 fully saturated rings. The van der Waals surface area contributed by atoms with Crippen molar-refractivity contribution in [2.24, 2.45) is 0 Å². The van der Waals surface area contributed by atoms with Gasteiger partial charge in [0.25, 0.3) is 0 Å². The van der Waals surface area contributed by atoms with Gasteiger partial charge >= 0.3 is 11.9 Å². The minimum atomic E-state index is -0.432. The fourth-order valence-corrected chi connectivity index (χ4v) is 4.88. The Morgan fingerprint density at radius 2 is 0.980 bits per heavy atom. The van der Waals surface area contributed by atoms with Crippen molar-refractivity contribution in [3.05, 3.63) is 59.7 Å². The van der Waals surface area contributed by atoms with Crippen LogP contribution in [0.5, 0.6) is 23.0 Å². The van der Waals surface area contributed by atoms with Gasteiger partial charge < -0.3 is 39.4 Å². The van der Waals surface area contributed by atoms with Gasteiger partial charge in [-0.25, -0.2) is 0 Å². The number of benzene rings is 2. The number of allylic oxidation sites excluding steroid dienone is 2. The Balaban J connectivity index is 1.92. The number of rotatable bonds is 26. The Hall–Kier alpha value is -4.36. The Labute approximate surface area is 303 Å². The lowest BCUT2D eigenvalue weighted by Gasteiger charge is -2.17. The molecule has 0 aliphatic rings. The van der Waals surface area contributed by atoms with Crippen LogP contribution in [-0.4, -0.2) is 112 Å². The van der Waals surface area contributed by atoms with E-state index in [1.165, 1.54) is 12.2 Å². The van der Waals surface area contributed by atoms with Crippen molar-refractivity contribution >= 4 is 35.7 Å². The van der Waals surface area contributed by atoms with Crippen LogP contribution in [0.1, 0.15) is 59.1 Å². The van der Waals surface area contributed by atoms with Gasteiger partial charge in [0.05, 0.1) is 32.7 Å². The van der Waals surface area contributed by atoms with Crippen molar-refractivity contribution in [1.29, 1.82) is 0 Å². The standard InChI is InChI=1S/C39H56N4O8/c1-7-42(8-2)23-21-40-28-38(46)50-34-19-15-30(25-36(34)48-11-5)13-17-32(44)27-33(45)18-14-31-16-20-35(37(26-31)49-12-6)51-39(47)29-41-22-24-43(9-3)10-4/h13-20,25-26,40-41H,7-12,21-24,27-29H2,1-6H3/b17-13+,18-14+. The highest BCUT2D eigenvalue weighted by Crippen LogP contribution is 2.30. The van der Waals surface area contributed by atoms with Crippen molar-refractivity contribution in [3.63, 3.8) is 0 Å². The first-order valence-electron chi connectivity index (χ1n) is 17.9. The van der Waals surface area contributed by atoms with Gasteiger partial charge in [-0.05, 0) is 87.6 Å². The first-order chi connectivity index (χ1) is 24.6. The number of hydrogen-bond donors (Lipinski definition) is 2. The third kappa shape index (κ3) is 16.9. The summed E-state index contributed by atoms with van der Waals surface area (Å²) in [6.07, 6.45) is 5.50. The van der Waals surface area contributed by atoms with E-state index in [9.17, 15) is 19.2 Å². The molecule has 12 nitrogen and oxygen atoms in total. The molecule has 12 heteroatoms. The number of ether oxygens (including phenoxy) is 4. The first-order valence-corrected chi connectivity index (χ1v) is 17.9. The molecule has 2 rings (SSSR count). The lowest BCUT2D eigenvalue weighted by Crippen LogP contribution is -2.35. The quantitative estimate of drug-likeness (QED) is 0.0471. The molecule has 0 saturated heterocycles. The summed E-state index contributed by atoms with van der Waals surface area (Å²) in [6.45, 7) is 19.7. The third-order valence-electron chi connectivity index (χ3n) is 7.79. The molecule has 280 valence electrons. The second-order valence-electron chi connectivity index (χ2n) is 11.4. The second kappa shape index (κ2) is 24.7. The number of nitrogens with zero attached hydrogens (tertiary/aromatic N) is 2. The zero-order valence-corrected chi connectivity index (χ0v) is 31.1. The molecule has 51 heavy (non-hydrogen) atoms. The fourth-order valence-electron chi connectivity index (χ4n) is 4.88. The summed E-state index contributed by atoms with van der Waals surface area (Å²) in [5.41, 5.74) is 1.29. The zero-order valence-electron chi connectivity index (χ0n) is 31.1. The van der Waals surface area contributed by atoms with E-state index in [-0.39, 0.29) is 42.6 Å². The summed E-state index contributed by atoms with van der Waals surface area (Å²) in [6, 6.07) is 9.98. The Kier molecular flexibility index (Phi) is 20.8. The highest BCUT2D eigenvalue weighted by atomic mass is 16.6. The average molecular weight is 709 g/mol. The molecule has 0 saturated carbocycles. The van der Waals surface area contributed by atoms with E-state index in [0.29, 0.717) is 48.9 Å². The molecule has 0 unspecified atom stereocenters. The van der Waals surface area contributed by atoms with Crippen LogP contribution >= 0.6 is 0 Å². The number of likely N-dealkylation sites (N-methyl/N-ethyl adjacent to an activating group) is 2. The third-order valence-corrected chi connectivity index (χ3v) is 7.79. The summed E-state index contributed by atoms with van der Waals surface area (Å²) in [5, 5.41) is 6.20. The molecular weight excluding hydrogens is 652 g/mol. The van der Waals surface area contributed by atoms with Gasteiger partial charge in [0.2, 0.25) is 0 Å². The van der Waals surface area contributed by atoms with Crippen molar-refractivity contribution in [1.82, 2.24) is 20.4 Å². The van der Waals surface area contributed by atoms with Gasteiger partial charge in [-0.15, -0.1) is 0 Å². The summed E-state index contributed by atoms with van der Waals surface area (Å²) in [5.74, 6) is -0.303. The monoisotopic (exact) mass is 708 g/mol. The van der Waals surface area contributed by atoms with Crippen LogP contribution in [0.3, 0.4) is 0 Å². The van der Waals surface area contributed by atoms with Crippen LogP contribution in [0, 0.1) is 0 Å². The molecule has 0 amide bonds. The Morgan fingerprint density at radius 3 is 1.33 bits per heavy atom. The number of esters is 2. The average Bonchev–Trinajstić information content (AvgIpc) is 3.12. The van der Waals surface area contributed by atoms with E-state index in [4.69, 9.17) is 18.9 Å². The lowest BCUT2D eigenvalue weighted by molar-refractivity contribution is -0.134. The SMILES string of the molecule is CCOc1cc(/C=C/C(=O)CC(=O)/C=C/c2ccc(OC(=O)CNCCN(CC)CC)c(OCC)c2)ccc1OC(=O)CNCCN(CC)CC. The van der Waals surface area contributed by atoms with Crippen molar-refractivity contribution in [3.8, 4) is 23.0 Å². The largest absolute Gasteiger partial charge is 0.490 e. The number of carbonyl (C=O) groups excluding carboxylic acids is 4. The zero-order chi connectivity index (χ0) is 37.4. The van der Waals surface area contributed by atoms with Crippen molar-refractivity contribution in [2.45, 2.75) is 48.0 Å². The lowest BCUT2D eigenvalue weighted by atomic mass is 10.1. The van der Waals surface area contributed by atoms with E-state index in [0.717, 1.165) is 39.3 Å². The maximum atomic E-state index is 12.6. The first kappa shape index (κ1) is 42.8. The molecule has 0 aliphatic heterocycles. The highest BCUT2D eigenvalue weighted by molar-refractivity contribution is 6.10. The Morgan fingerprint density at radius 1 is 0.588 bits per heavy atom. The van der Waals surface area contributed by atoms with E-state index in [2.05, 4.69) is 48.1 Å². The predicted octanol–water partition coefficient (Wildman–Crippen LogP) is 4.41. The second-order valence-corrected chi connectivity index (χ2v) is 11.4. The molecule has 0 spiro atoms. The molecule has 0 bridgehead atoms. The van der Waals surface area contributed by atoms with Gasteiger partial charge in [0.15, 0.2) is 34.6 Å². The van der Waals surface area contributed by atoms with E-state index < -0.39 is 11.9 Å². The minimum absolute atomic E-state index is 0.0651. The van der Waals surface area contributed by atoms with Gasteiger partial charge in [-0.3, -0.25) is 19.2 Å². The number of hydrogen-bond acceptors (Lipinski definition) is 12. The summed E-state index contributed by atoms with van der Waals surface area (Å²) in [4.78, 5) is 54.5. The van der Waals surface area contributed by atoms with Gasteiger partial charge in [0, 0.05) is 26.2 Å². The van der Waals surface area contributed by atoms with Gasteiger partial charge in [-0.1, -0.05) is 52.0 Å². The topological polar surface area (TPSA) is 136 Å². The van der Waals surface area contributed by atoms with Crippen LogP contribution < -0.4 is 29.6 Å². The molecular formula is C39H56N4O8. The van der Waals surface area contributed by atoms with Gasteiger partial charge in [0.1, 0.15) is 0 Å². The van der Waals surface area contributed by atoms with Crippen LogP contribution in [-0.2, 0) is 19.2 Å². The van der Waals surface area contributed by atoms with Crippen LogP contribution in [0.4, 0.5) is 0 Å². The summed E-state index contributed by atoms with van der Waals surface area (Å²) < 4.78 is 22.4. The smallest absolute Gasteiger partial charge is 0.325 e. The van der Waals surface area contributed by atoms with Crippen LogP contribution in [0.15, 0.2) is 48.6 Å². The molecule has 2 aromatic carbocycles. The fraction of sp³-hybridized carbons (Fsp3) is 0.487. The van der Waals surface area contributed by atoms with Crippen LogP contribution in [0.25, 0.3) is 12.2 Å². The molecule has 0 aromatic heterocycles. The molecule has 2 N–H and O–H groups in total. The van der Waals surface area contributed by atoms with Gasteiger partial charge in [-0.2, -0.15) is 0 Å². The number of ketones is 2. The van der Waals surface area contributed by atoms with Crippen molar-refractivity contribution < 1.29 is 38.1 Å². The van der Waals surface area contributed by atoms with E-state index >= 15 is 0 Å². The molecule has 2 aromatic rings. The molecule has 0 radical (unpaired) electrons. The number of carbonyl (C=O) groups is 4. The van der Waals surface area contributed by atoms with Crippen molar-refractivity contribution in [2.75, 3.05) is 78.7 Å². The highest BCUT2D eigenvalue weighted by Gasteiger charge is 2.13.